The van der Waals surface area contributed by atoms with Gasteiger partial charge in [-0.2, -0.15) is 5.01 Å². The second-order valence-electron chi connectivity index (χ2n) is 6.21. The fraction of sp³-hybridized carbons (Fsp3) is 0.316. The number of hydrogen-bond acceptors (Lipinski definition) is 3. The number of amides is 1. The zero-order chi connectivity index (χ0) is 18.7. The van der Waals surface area contributed by atoms with Crippen molar-refractivity contribution < 1.29 is 8.91 Å². The molecule has 1 fully saturated rings. The number of carbonyl (C=O) groups excluding carboxylic acids is 1. The van der Waals surface area contributed by atoms with E-state index >= 15 is 0 Å². The maximum Gasteiger partial charge on any atom is 0.265 e. The van der Waals surface area contributed by atoms with Gasteiger partial charge in [-0.05, 0) is 30.2 Å². The van der Waals surface area contributed by atoms with E-state index in [1.165, 1.54) is 5.01 Å². The smallest absolute Gasteiger partial charge is 0.265 e. The first-order valence-corrected chi connectivity index (χ1v) is 7.71. The quantitative estimate of drug-likeness (QED) is 0.926. The van der Waals surface area contributed by atoms with E-state index in [1.807, 2.05) is 37.3 Å². The van der Waals surface area contributed by atoms with Gasteiger partial charge in [0.2, 0.25) is 0 Å². The number of nitrogens with one attached hydrogen (secondary N) is 1. The normalized spacial score (nSPS) is 33.3. The summed E-state index contributed by atoms with van der Waals surface area (Å²) >= 11 is 0. The van der Waals surface area contributed by atoms with Gasteiger partial charge in [-0.25, -0.2) is 0 Å². The number of hydrazine groups is 1. The standard InChI is InChI=1S/C19H21N3O/c1-19-12-13-22(20-17(23)14-8-4-3-5-9-14)18(19)21(2)16-11-7-6-10-15(16)19/h3-11,18H,12-13H2,1-2H3,(H,20,23)/t18-,19-/m1/s1/i13D2,18D. The minimum Gasteiger partial charge on any atom is -0.356 e. The summed E-state index contributed by atoms with van der Waals surface area (Å²) in [6, 6.07) is 16.4. The average molecular weight is 310 g/mol. The van der Waals surface area contributed by atoms with Gasteiger partial charge in [-0.1, -0.05) is 43.3 Å². The first-order valence-electron chi connectivity index (χ1n) is 9.21. The Kier molecular flexibility index (Phi) is 2.49. The van der Waals surface area contributed by atoms with E-state index in [-0.39, 0.29) is 6.42 Å². The molecule has 1 N–H and O–H groups in total. The van der Waals surface area contributed by atoms with Crippen LogP contribution in [0.1, 0.15) is 33.4 Å². The van der Waals surface area contributed by atoms with Crippen molar-refractivity contribution in [2.75, 3.05) is 18.4 Å². The van der Waals surface area contributed by atoms with E-state index in [4.69, 9.17) is 2.74 Å². The topological polar surface area (TPSA) is 35.6 Å². The molecule has 2 heterocycles. The van der Waals surface area contributed by atoms with E-state index in [0.717, 1.165) is 11.3 Å². The van der Waals surface area contributed by atoms with Crippen LogP contribution in [0.2, 0.25) is 0 Å². The maximum atomic E-state index is 12.7. The molecule has 2 atom stereocenters. The predicted molar refractivity (Wildman–Crippen MR) is 91.2 cm³/mol. The van der Waals surface area contributed by atoms with Crippen LogP contribution >= 0.6 is 0 Å². The van der Waals surface area contributed by atoms with Crippen LogP contribution in [-0.4, -0.2) is 30.6 Å². The highest BCUT2D eigenvalue weighted by molar-refractivity contribution is 5.93. The Hall–Kier alpha value is -2.33. The van der Waals surface area contributed by atoms with Crippen molar-refractivity contribution >= 4 is 11.6 Å². The van der Waals surface area contributed by atoms with Crippen LogP contribution in [0.25, 0.3) is 0 Å². The van der Waals surface area contributed by atoms with Crippen LogP contribution in [0.4, 0.5) is 5.69 Å². The Morgan fingerprint density at radius 1 is 1.26 bits per heavy atom. The van der Waals surface area contributed by atoms with E-state index < -0.39 is 24.0 Å². The summed E-state index contributed by atoms with van der Waals surface area (Å²) in [5.41, 5.74) is 4.14. The minimum absolute atomic E-state index is 0.111. The van der Waals surface area contributed by atoms with Crippen molar-refractivity contribution in [2.24, 2.45) is 0 Å². The molecule has 2 aliphatic heterocycles. The summed E-state index contributed by atoms with van der Waals surface area (Å²) < 4.78 is 26.3. The molecule has 0 bridgehead atoms. The van der Waals surface area contributed by atoms with E-state index in [9.17, 15) is 6.17 Å². The molecule has 0 spiro atoms. The molecule has 1 saturated heterocycles. The Balaban J connectivity index is 1.78. The summed E-state index contributed by atoms with van der Waals surface area (Å²) in [4.78, 5) is 14.4. The van der Waals surface area contributed by atoms with Gasteiger partial charge in [-0.3, -0.25) is 10.2 Å². The molecule has 4 heteroatoms. The zero-order valence-electron chi connectivity index (χ0n) is 16.2. The van der Waals surface area contributed by atoms with Gasteiger partial charge in [0, 0.05) is 33.0 Å². The molecule has 0 saturated carbocycles. The van der Waals surface area contributed by atoms with Gasteiger partial charge in [0.05, 0.1) is 1.37 Å². The second-order valence-corrected chi connectivity index (χ2v) is 6.21. The second kappa shape index (κ2) is 5.10. The summed E-state index contributed by atoms with van der Waals surface area (Å²) in [7, 11) is 1.78. The number of fused-ring (bicyclic) bond motifs is 3. The van der Waals surface area contributed by atoms with Gasteiger partial charge >= 0.3 is 0 Å². The third kappa shape index (κ3) is 2.05. The fourth-order valence-electron chi connectivity index (χ4n) is 3.57. The predicted octanol–water partition coefficient (Wildman–Crippen LogP) is 2.77. The molecule has 4 nitrogen and oxygen atoms in total. The van der Waals surface area contributed by atoms with Crippen LogP contribution in [0.15, 0.2) is 54.6 Å². The third-order valence-electron chi connectivity index (χ3n) is 4.72. The molecular weight excluding hydrogens is 286 g/mol. The number of nitrogens with zero attached hydrogens (tertiary/aromatic N) is 2. The lowest BCUT2D eigenvalue weighted by atomic mass is 9.81. The number of anilines is 1. The summed E-state index contributed by atoms with van der Waals surface area (Å²) in [6.45, 7) is 0.0393. The van der Waals surface area contributed by atoms with Crippen LogP contribution in [0.5, 0.6) is 0 Å². The Morgan fingerprint density at radius 3 is 2.74 bits per heavy atom. The number of hydrogen-bond donors (Lipinski definition) is 1. The van der Waals surface area contributed by atoms with Crippen molar-refractivity contribution in [2.45, 2.75) is 24.9 Å². The van der Waals surface area contributed by atoms with Gasteiger partial charge in [-0.15, -0.1) is 0 Å². The molecule has 23 heavy (non-hydrogen) atoms. The van der Waals surface area contributed by atoms with Gasteiger partial charge in [0.15, 0.2) is 0 Å². The molecular formula is C19H21N3O. The maximum absolute atomic E-state index is 12.7. The minimum atomic E-state index is -1.86. The van der Waals surface area contributed by atoms with Gasteiger partial charge in [0.1, 0.15) is 6.14 Å². The highest BCUT2D eigenvalue weighted by Crippen LogP contribution is 2.50. The zero-order valence-corrected chi connectivity index (χ0v) is 13.2. The molecule has 4 rings (SSSR count). The number of likely N-dealkylation sites (N-methyl/N-ethyl adjacent to an activating group) is 1. The Bertz CT molecular complexity index is 875. The summed E-state index contributed by atoms with van der Waals surface area (Å²) in [6.07, 6.45) is -1.36. The third-order valence-corrected chi connectivity index (χ3v) is 4.72. The SMILES string of the molecule is [2H]C1([2H])C[C@]2(C)c3ccccc3N(C)[C@]2([2H])N1NC(=O)c1ccccc1. The van der Waals surface area contributed by atoms with Crippen LogP contribution in [-0.2, 0) is 5.41 Å². The number of para-hydroxylation sites is 1. The number of rotatable bonds is 2. The van der Waals surface area contributed by atoms with E-state index in [1.54, 1.807) is 36.2 Å². The largest absolute Gasteiger partial charge is 0.356 e. The highest BCUT2D eigenvalue weighted by Gasteiger charge is 2.53. The molecule has 118 valence electrons. The van der Waals surface area contributed by atoms with Gasteiger partial charge in [0.25, 0.3) is 5.91 Å². The van der Waals surface area contributed by atoms with Crippen molar-refractivity contribution in [1.82, 2.24) is 10.4 Å². The van der Waals surface area contributed by atoms with Crippen molar-refractivity contribution in [3.05, 3.63) is 65.7 Å². The summed E-state index contributed by atoms with van der Waals surface area (Å²) in [5, 5.41) is 1.18. The van der Waals surface area contributed by atoms with Gasteiger partial charge < -0.3 is 4.90 Å². The molecule has 1 amide bonds. The molecule has 0 aromatic heterocycles. The fourth-order valence-corrected chi connectivity index (χ4v) is 3.57. The van der Waals surface area contributed by atoms with Crippen LogP contribution in [0.3, 0.4) is 0 Å². The van der Waals surface area contributed by atoms with Crippen molar-refractivity contribution in [3.8, 4) is 0 Å². The van der Waals surface area contributed by atoms with Crippen molar-refractivity contribution in [1.29, 1.82) is 0 Å². The number of benzene rings is 2. The average Bonchev–Trinajstić information content (AvgIpc) is 2.89. The lowest BCUT2D eigenvalue weighted by molar-refractivity contribution is 0.0744. The van der Waals surface area contributed by atoms with Crippen molar-refractivity contribution in [3.63, 3.8) is 0 Å². The number of carbonyl (C=O) groups is 1. The molecule has 0 aliphatic carbocycles. The van der Waals surface area contributed by atoms with Crippen LogP contribution in [0, 0.1) is 0 Å². The first kappa shape index (κ1) is 11.2. The lowest BCUT2D eigenvalue weighted by Crippen LogP contribution is -2.54. The first-order chi connectivity index (χ1) is 12.2. The summed E-state index contributed by atoms with van der Waals surface area (Å²) in [5.74, 6) is -0.422. The van der Waals surface area contributed by atoms with E-state index in [0.29, 0.717) is 5.56 Å². The highest BCUT2D eigenvalue weighted by atomic mass is 16.2. The Morgan fingerprint density at radius 2 is 1.96 bits per heavy atom. The molecule has 0 radical (unpaired) electrons. The molecule has 0 unspecified atom stereocenters. The molecule has 2 aromatic rings. The van der Waals surface area contributed by atoms with E-state index in [2.05, 4.69) is 5.43 Å². The monoisotopic (exact) mass is 310 g/mol. The Labute approximate surface area is 140 Å². The van der Waals surface area contributed by atoms with Crippen LogP contribution < -0.4 is 10.3 Å². The lowest BCUT2D eigenvalue weighted by Gasteiger charge is -2.34. The molecule has 2 aliphatic rings. The molecule has 2 aromatic carbocycles.